The van der Waals surface area contributed by atoms with Crippen molar-refractivity contribution < 1.29 is 19.6 Å². The highest BCUT2D eigenvalue weighted by molar-refractivity contribution is 5.81. The molecule has 0 saturated heterocycles. The molecule has 0 atom stereocenters. The van der Waals surface area contributed by atoms with Crippen LogP contribution in [0.3, 0.4) is 0 Å². The lowest BCUT2D eigenvalue weighted by Gasteiger charge is -2.25. The van der Waals surface area contributed by atoms with Crippen LogP contribution >= 0.6 is 0 Å². The van der Waals surface area contributed by atoms with Gasteiger partial charge < -0.3 is 10.0 Å². The Hall–Kier alpha value is -2.71. The van der Waals surface area contributed by atoms with Gasteiger partial charge in [-0.1, -0.05) is 0 Å². The van der Waals surface area contributed by atoms with Gasteiger partial charge in [0.1, 0.15) is 13.1 Å². The Kier molecular flexibility index (Phi) is 5.17. The third kappa shape index (κ3) is 4.41. The highest BCUT2D eigenvalue weighted by Gasteiger charge is 2.21. The van der Waals surface area contributed by atoms with Crippen LogP contribution in [0.15, 0.2) is 23.1 Å². The van der Waals surface area contributed by atoms with Gasteiger partial charge in [-0.15, -0.1) is 0 Å². The third-order valence-electron chi connectivity index (χ3n) is 2.73. The minimum Gasteiger partial charge on any atom is -0.480 e. The fraction of sp³-hybridized carbons (Fsp3) is 0.417. The molecule has 1 amide bonds. The predicted molar refractivity (Wildman–Crippen MR) is 71.8 cm³/mol. The standard InChI is InChI=1S/C12H15N3O6/c1-8(2)14(7-12(18)19)11(17)6-13-5-9(15(20)21)3-4-10(13)16/h3-5,8H,6-7H2,1-2H3,(H,18,19). The zero-order chi connectivity index (χ0) is 16.2. The lowest BCUT2D eigenvalue weighted by Crippen LogP contribution is -2.43. The van der Waals surface area contributed by atoms with Crippen molar-refractivity contribution in [3.8, 4) is 0 Å². The van der Waals surface area contributed by atoms with Crippen LogP contribution in [0.25, 0.3) is 0 Å². The van der Waals surface area contributed by atoms with Crippen molar-refractivity contribution in [2.75, 3.05) is 6.54 Å². The molecule has 0 bridgehead atoms. The van der Waals surface area contributed by atoms with Gasteiger partial charge in [0.2, 0.25) is 5.91 Å². The fourth-order valence-electron chi connectivity index (χ4n) is 1.69. The van der Waals surface area contributed by atoms with E-state index in [1.165, 1.54) is 0 Å². The predicted octanol–water partition coefficient (Wildman–Crippen LogP) is 0.0781. The number of hydrogen-bond donors (Lipinski definition) is 1. The average Bonchev–Trinajstić information content (AvgIpc) is 2.37. The molecule has 0 aliphatic heterocycles. The maximum Gasteiger partial charge on any atom is 0.323 e. The monoisotopic (exact) mass is 297 g/mol. The summed E-state index contributed by atoms with van der Waals surface area (Å²) in [6, 6.07) is 1.66. The zero-order valence-corrected chi connectivity index (χ0v) is 11.6. The first-order valence-electron chi connectivity index (χ1n) is 6.08. The van der Waals surface area contributed by atoms with Gasteiger partial charge in [0.25, 0.3) is 11.2 Å². The Morgan fingerprint density at radius 2 is 2.05 bits per heavy atom. The Balaban J connectivity index is 3.00. The number of nitrogens with zero attached hydrogens (tertiary/aromatic N) is 3. The highest BCUT2D eigenvalue weighted by Crippen LogP contribution is 2.07. The molecular weight excluding hydrogens is 282 g/mol. The van der Waals surface area contributed by atoms with Gasteiger partial charge in [-0.3, -0.25) is 29.1 Å². The molecule has 0 fully saturated rings. The summed E-state index contributed by atoms with van der Waals surface area (Å²) >= 11 is 0. The van der Waals surface area contributed by atoms with E-state index in [4.69, 9.17) is 5.11 Å². The first-order chi connectivity index (χ1) is 9.72. The van der Waals surface area contributed by atoms with Gasteiger partial charge in [0.05, 0.1) is 11.1 Å². The normalized spacial score (nSPS) is 10.4. The van der Waals surface area contributed by atoms with Crippen LogP contribution in [0, 0.1) is 10.1 Å². The summed E-state index contributed by atoms with van der Waals surface area (Å²) in [7, 11) is 0. The molecule has 9 heteroatoms. The largest absolute Gasteiger partial charge is 0.480 e. The lowest BCUT2D eigenvalue weighted by molar-refractivity contribution is -0.385. The van der Waals surface area contributed by atoms with E-state index in [0.29, 0.717) is 0 Å². The summed E-state index contributed by atoms with van der Waals surface area (Å²) < 4.78 is 0.887. The number of pyridine rings is 1. The Labute approximate surface area is 119 Å². The third-order valence-corrected chi connectivity index (χ3v) is 2.73. The van der Waals surface area contributed by atoms with Gasteiger partial charge in [0, 0.05) is 18.2 Å². The molecule has 1 aromatic rings. The molecule has 1 heterocycles. The van der Waals surface area contributed by atoms with E-state index < -0.39 is 35.4 Å². The number of carboxylic acids is 1. The van der Waals surface area contributed by atoms with Crippen molar-refractivity contribution >= 4 is 17.6 Å². The number of carbonyl (C=O) groups excluding carboxylic acids is 1. The molecule has 1 rings (SSSR count). The smallest absolute Gasteiger partial charge is 0.323 e. The summed E-state index contributed by atoms with van der Waals surface area (Å²) in [5.74, 6) is -1.78. The van der Waals surface area contributed by atoms with Crippen LogP contribution in [0.4, 0.5) is 5.69 Å². The minimum absolute atomic E-state index is 0.322. The topological polar surface area (TPSA) is 123 Å². The van der Waals surface area contributed by atoms with Gasteiger partial charge in [0.15, 0.2) is 0 Å². The molecule has 0 spiro atoms. The second-order valence-corrected chi connectivity index (χ2v) is 4.62. The molecular formula is C12H15N3O6. The van der Waals surface area contributed by atoms with E-state index in [2.05, 4.69) is 0 Å². The summed E-state index contributed by atoms with van der Waals surface area (Å²) in [5, 5.41) is 19.4. The number of carbonyl (C=O) groups is 2. The van der Waals surface area contributed by atoms with Gasteiger partial charge in [-0.05, 0) is 13.8 Å². The molecule has 114 valence electrons. The van der Waals surface area contributed by atoms with Gasteiger partial charge >= 0.3 is 5.97 Å². The van der Waals surface area contributed by atoms with Crippen LogP contribution in [0.1, 0.15) is 13.8 Å². The Morgan fingerprint density at radius 3 is 2.52 bits per heavy atom. The van der Waals surface area contributed by atoms with Crippen molar-refractivity contribution in [2.45, 2.75) is 26.4 Å². The molecule has 0 aliphatic carbocycles. The van der Waals surface area contributed by atoms with Crippen LogP contribution in [-0.4, -0.2) is 44.0 Å². The maximum atomic E-state index is 12.1. The van der Waals surface area contributed by atoms with Crippen molar-refractivity contribution in [3.05, 3.63) is 38.8 Å². The quantitative estimate of drug-likeness (QED) is 0.586. The maximum absolute atomic E-state index is 12.1. The first-order valence-corrected chi connectivity index (χ1v) is 6.08. The average molecular weight is 297 g/mol. The van der Waals surface area contributed by atoms with Gasteiger partial charge in [-0.25, -0.2) is 0 Å². The SMILES string of the molecule is CC(C)N(CC(=O)O)C(=O)Cn1cc([N+](=O)[O-])ccc1=O. The number of rotatable bonds is 6. The molecule has 0 aromatic carbocycles. The number of aromatic nitrogens is 1. The Morgan fingerprint density at radius 1 is 1.43 bits per heavy atom. The summed E-state index contributed by atoms with van der Waals surface area (Å²) in [5.41, 5.74) is -0.898. The number of nitro groups is 1. The number of amides is 1. The van der Waals surface area contributed by atoms with E-state index in [9.17, 15) is 24.5 Å². The molecule has 21 heavy (non-hydrogen) atoms. The minimum atomic E-state index is -1.18. The van der Waals surface area contributed by atoms with E-state index in [1.807, 2.05) is 0 Å². The fourth-order valence-corrected chi connectivity index (χ4v) is 1.69. The van der Waals surface area contributed by atoms with Crippen molar-refractivity contribution in [1.82, 2.24) is 9.47 Å². The van der Waals surface area contributed by atoms with E-state index in [0.717, 1.165) is 27.8 Å². The Bertz CT molecular complexity index is 622. The lowest BCUT2D eigenvalue weighted by atomic mass is 10.3. The van der Waals surface area contributed by atoms with Crippen LogP contribution < -0.4 is 5.56 Å². The second-order valence-electron chi connectivity index (χ2n) is 4.62. The summed E-state index contributed by atoms with van der Waals surface area (Å²) in [4.78, 5) is 45.4. The van der Waals surface area contributed by atoms with Crippen LogP contribution in [-0.2, 0) is 16.1 Å². The first kappa shape index (κ1) is 16.3. The summed E-state index contributed by atoms with van der Waals surface area (Å²) in [6.45, 7) is 2.32. The van der Waals surface area contributed by atoms with Crippen molar-refractivity contribution in [3.63, 3.8) is 0 Å². The van der Waals surface area contributed by atoms with Crippen LogP contribution in [0.2, 0.25) is 0 Å². The molecule has 9 nitrogen and oxygen atoms in total. The van der Waals surface area contributed by atoms with E-state index in [1.54, 1.807) is 13.8 Å². The number of hydrogen-bond acceptors (Lipinski definition) is 5. The highest BCUT2D eigenvalue weighted by atomic mass is 16.6. The molecule has 0 aliphatic rings. The van der Waals surface area contributed by atoms with Crippen molar-refractivity contribution in [2.24, 2.45) is 0 Å². The van der Waals surface area contributed by atoms with Crippen molar-refractivity contribution in [1.29, 1.82) is 0 Å². The van der Waals surface area contributed by atoms with E-state index in [-0.39, 0.29) is 11.7 Å². The molecule has 1 aromatic heterocycles. The van der Waals surface area contributed by atoms with E-state index >= 15 is 0 Å². The molecule has 0 unspecified atom stereocenters. The number of carboxylic acid groups (broad SMARTS) is 1. The molecule has 0 saturated carbocycles. The number of aliphatic carboxylic acids is 1. The summed E-state index contributed by atoms with van der Waals surface area (Å²) in [6.07, 6.45) is 0.958. The van der Waals surface area contributed by atoms with Crippen LogP contribution in [0.5, 0.6) is 0 Å². The molecule has 0 radical (unpaired) electrons. The zero-order valence-electron chi connectivity index (χ0n) is 11.6. The van der Waals surface area contributed by atoms with Gasteiger partial charge in [-0.2, -0.15) is 0 Å². The molecule has 1 N–H and O–H groups in total. The second kappa shape index (κ2) is 6.64.